The molecule has 178 valence electrons. The van der Waals surface area contributed by atoms with Crippen LogP contribution in [0, 0.1) is 11.7 Å². The van der Waals surface area contributed by atoms with E-state index in [1.54, 1.807) is 43.3 Å². The first-order valence-electron chi connectivity index (χ1n) is 10.9. The van der Waals surface area contributed by atoms with Crippen LogP contribution in [-0.2, 0) is 4.74 Å². The van der Waals surface area contributed by atoms with Crippen LogP contribution in [0.5, 0.6) is 5.75 Å². The average molecular weight is 459 g/mol. The molecule has 3 N–H and O–H groups in total. The SMILES string of the molecule is CO[C@H]1CN(C)C(=O)c2cc(NC(=O)Nc3cccc(F)c3)ccc2OC[C@H](C)NC[C@H]1C. The summed E-state index contributed by atoms with van der Waals surface area (Å²) < 4.78 is 24.9. The van der Waals surface area contributed by atoms with E-state index in [4.69, 9.17) is 9.47 Å². The van der Waals surface area contributed by atoms with Crippen LogP contribution in [0.4, 0.5) is 20.6 Å². The van der Waals surface area contributed by atoms with Crippen LogP contribution in [0.3, 0.4) is 0 Å². The fourth-order valence-corrected chi connectivity index (χ4v) is 3.60. The Morgan fingerprint density at radius 2 is 1.91 bits per heavy atom. The quantitative estimate of drug-likeness (QED) is 0.654. The number of nitrogens with one attached hydrogen (secondary N) is 3. The van der Waals surface area contributed by atoms with Crippen molar-refractivity contribution in [2.45, 2.75) is 26.0 Å². The summed E-state index contributed by atoms with van der Waals surface area (Å²) in [7, 11) is 3.36. The molecule has 0 unspecified atom stereocenters. The first kappa shape index (κ1) is 24.5. The van der Waals surface area contributed by atoms with Gasteiger partial charge in [-0.3, -0.25) is 4.79 Å². The maximum absolute atomic E-state index is 13.4. The molecule has 8 nitrogen and oxygen atoms in total. The molecular weight excluding hydrogens is 427 g/mol. The van der Waals surface area contributed by atoms with Crippen molar-refractivity contribution in [1.82, 2.24) is 10.2 Å². The molecule has 0 spiro atoms. The highest BCUT2D eigenvalue weighted by Gasteiger charge is 2.25. The van der Waals surface area contributed by atoms with E-state index in [-0.39, 0.29) is 24.0 Å². The van der Waals surface area contributed by atoms with Gasteiger partial charge in [-0.15, -0.1) is 0 Å². The van der Waals surface area contributed by atoms with E-state index in [2.05, 4.69) is 22.9 Å². The van der Waals surface area contributed by atoms with Gasteiger partial charge >= 0.3 is 6.03 Å². The van der Waals surface area contributed by atoms with Gasteiger partial charge in [0, 0.05) is 44.7 Å². The second kappa shape index (κ2) is 11.1. The fourth-order valence-electron chi connectivity index (χ4n) is 3.60. The molecule has 3 amide bonds. The Morgan fingerprint density at radius 1 is 1.18 bits per heavy atom. The van der Waals surface area contributed by atoms with E-state index in [0.29, 0.717) is 35.8 Å². The normalized spacial score (nSPS) is 21.8. The molecular formula is C24H31FN4O4. The number of methoxy groups -OCH3 is 1. The van der Waals surface area contributed by atoms with Gasteiger partial charge in [-0.25, -0.2) is 9.18 Å². The molecule has 0 aromatic heterocycles. The Hall–Kier alpha value is -3.17. The Labute approximate surface area is 193 Å². The number of hydrogen-bond donors (Lipinski definition) is 3. The molecule has 0 bridgehead atoms. The molecule has 1 aliphatic rings. The Balaban J connectivity index is 1.82. The minimum Gasteiger partial charge on any atom is -0.491 e. The third-order valence-electron chi connectivity index (χ3n) is 5.57. The number of ether oxygens (including phenoxy) is 2. The van der Waals surface area contributed by atoms with Crippen LogP contribution in [0.2, 0.25) is 0 Å². The zero-order valence-electron chi connectivity index (χ0n) is 19.4. The number of anilines is 2. The number of hydrogen-bond acceptors (Lipinski definition) is 5. The lowest BCUT2D eigenvalue weighted by molar-refractivity contribution is 0.0281. The fraction of sp³-hybridized carbons (Fsp3) is 0.417. The number of benzene rings is 2. The first-order valence-corrected chi connectivity index (χ1v) is 10.9. The van der Waals surface area contributed by atoms with Crippen molar-refractivity contribution in [1.29, 1.82) is 0 Å². The summed E-state index contributed by atoms with van der Waals surface area (Å²) in [6, 6.07) is 10.00. The van der Waals surface area contributed by atoms with Crippen molar-refractivity contribution in [3.63, 3.8) is 0 Å². The van der Waals surface area contributed by atoms with Gasteiger partial charge < -0.3 is 30.3 Å². The van der Waals surface area contributed by atoms with E-state index in [9.17, 15) is 14.0 Å². The Bertz CT molecular complexity index is 987. The molecule has 0 radical (unpaired) electrons. The maximum atomic E-state index is 13.4. The van der Waals surface area contributed by atoms with E-state index < -0.39 is 11.8 Å². The predicted molar refractivity (Wildman–Crippen MR) is 125 cm³/mol. The maximum Gasteiger partial charge on any atom is 0.323 e. The molecule has 0 aliphatic carbocycles. The Kier molecular flexibility index (Phi) is 8.24. The van der Waals surface area contributed by atoms with Gasteiger partial charge in [0.25, 0.3) is 5.91 Å². The van der Waals surface area contributed by atoms with Crippen LogP contribution < -0.4 is 20.7 Å². The summed E-state index contributed by atoms with van der Waals surface area (Å²) in [5.74, 6) is -0.0781. The standard InChI is InChI=1S/C24H31FN4O4/c1-15-12-26-16(2)14-33-21-9-8-19(11-20(21)23(30)29(3)13-22(15)32-4)28-24(31)27-18-7-5-6-17(25)10-18/h5-11,15-16,22,26H,12-14H2,1-4H3,(H2,27,28,31)/t15-,16+,22+/m1/s1. The van der Waals surface area contributed by atoms with Crippen LogP contribution in [0.1, 0.15) is 24.2 Å². The van der Waals surface area contributed by atoms with E-state index >= 15 is 0 Å². The van der Waals surface area contributed by atoms with Gasteiger partial charge in [0.05, 0.1) is 11.7 Å². The summed E-state index contributed by atoms with van der Waals surface area (Å²) in [6.07, 6.45) is -0.138. The lowest BCUT2D eigenvalue weighted by Gasteiger charge is -2.30. The number of amides is 3. The molecule has 0 fully saturated rings. The van der Waals surface area contributed by atoms with Crippen LogP contribution >= 0.6 is 0 Å². The highest BCUT2D eigenvalue weighted by molar-refractivity contribution is 6.02. The van der Waals surface area contributed by atoms with E-state index in [1.807, 2.05) is 6.92 Å². The zero-order valence-corrected chi connectivity index (χ0v) is 19.4. The van der Waals surface area contributed by atoms with Crippen molar-refractivity contribution in [3.8, 4) is 5.75 Å². The van der Waals surface area contributed by atoms with Crippen molar-refractivity contribution in [2.75, 3.05) is 44.5 Å². The average Bonchev–Trinajstić information content (AvgIpc) is 2.78. The summed E-state index contributed by atoms with van der Waals surface area (Å²) in [6.45, 7) is 5.61. The number of nitrogens with zero attached hydrogens (tertiary/aromatic N) is 1. The zero-order chi connectivity index (χ0) is 24.0. The third kappa shape index (κ3) is 6.66. The molecule has 0 saturated heterocycles. The number of carbonyl (C=O) groups excluding carboxylic acids is 2. The number of fused-ring (bicyclic) bond motifs is 1. The summed E-state index contributed by atoms with van der Waals surface area (Å²) in [5.41, 5.74) is 1.05. The lowest BCUT2D eigenvalue weighted by atomic mass is 10.0. The molecule has 1 heterocycles. The number of rotatable bonds is 3. The van der Waals surface area contributed by atoms with Crippen molar-refractivity contribution in [3.05, 3.63) is 53.8 Å². The molecule has 1 aliphatic heterocycles. The monoisotopic (exact) mass is 458 g/mol. The number of likely N-dealkylation sites (N-methyl/N-ethyl adjacent to an activating group) is 1. The van der Waals surface area contributed by atoms with Crippen molar-refractivity contribution in [2.24, 2.45) is 5.92 Å². The smallest absolute Gasteiger partial charge is 0.323 e. The van der Waals surface area contributed by atoms with E-state index in [0.717, 1.165) is 6.54 Å². The number of halogens is 1. The number of carbonyl (C=O) groups is 2. The summed E-state index contributed by atoms with van der Waals surface area (Å²) in [4.78, 5) is 27.2. The van der Waals surface area contributed by atoms with Gasteiger partial charge in [0.15, 0.2) is 0 Å². The second-order valence-corrected chi connectivity index (χ2v) is 8.36. The molecule has 3 atom stereocenters. The summed E-state index contributed by atoms with van der Waals surface area (Å²) >= 11 is 0. The molecule has 33 heavy (non-hydrogen) atoms. The van der Waals surface area contributed by atoms with Gasteiger partial charge in [-0.05, 0) is 49.2 Å². The summed E-state index contributed by atoms with van der Waals surface area (Å²) in [5, 5.41) is 8.69. The largest absolute Gasteiger partial charge is 0.491 e. The molecule has 2 aromatic carbocycles. The molecule has 9 heteroatoms. The lowest BCUT2D eigenvalue weighted by Crippen LogP contribution is -2.44. The van der Waals surface area contributed by atoms with E-state index in [1.165, 1.54) is 18.2 Å². The highest BCUT2D eigenvalue weighted by Crippen LogP contribution is 2.26. The minimum atomic E-state index is -0.554. The first-order chi connectivity index (χ1) is 15.8. The van der Waals surface area contributed by atoms with Gasteiger partial charge in [0.2, 0.25) is 0 Å². The second-order valence-electron chi connectivity index (χ2n) is 8.36. The van der Waals surface area contributed by atoms with Gasteiger partial charge in [-0.2, -0.15) is 0 Å². The van der Waals surface area contributed by atoms with Gasteiger partial charge in [-0.1, -0.05) is 13.0 Å². The van der Waals surface area contributed by atoms with Crippen molar-refractivity contribution < 1.29 is 23.5 Å². The topological polar surface area (TPSA) is 91.9 Å². The molecule has 2 aromatic rings. The van der Waals surface area contributed by atoms with Crippen LogP contribution in [0.15, 0.2) is 42.5 Å². The van der Waals surface area contributed by atoms with Crippen LogP contribution in [-0.4, -0.2) is 62.8 Å². The molecule has 3 rings (SSSR count). The Morgan fingerprint density at radius 3 is 2.61 bits per heavy atom. The third-order valence-corrected chi connectivity index (χ3v) is 5.57. The highest BCUT2D eigenvalue weighted by atomic mass is 19.1. The predicted octanol–water partition coefficient (Wildman–Crippen LogP) is 3.56. The van der Waals surface area contributed by atoms with Gasteiger partial charge in [0.1, 0.15) is 18.2 Å². The van der Waals surface area contributed by atoms with Crippen molar-refractivity contribution >= 4 is 23.3 Å². The molecule has 0 saturated carbocycles. The number of urea groups is 1. The van der Waals surface area contributed by atoms with Crippen LogP contribution in [0.25, 0.3) is 0 Å². The minimum absolute atomic E-state index is 0.0694.